The van der Waals surface area contributed by atoms with E-state index in [1.807, 2.05) is 12.2 Å². The van der Waals surface area contributed by atoms with Crippen LogP contribution in [0.2, 0.25) is 0 Å². The number of nitrogens with one attached hydrogen (secondary N) is 2. The van der Waals surface area contributed by atoms with Crippen molar-refractivity contribution in [2.75, 3.05) is 25.1 Å². The van der Waals surface area contributed by atoms with Crippen LogP contribution in [-0.2, 0) is 15.7 Å². The van der Waals surface area contributed by atoms with E-state index in [2.05, 4.69) is 22.8 Å². The normalized spacial score (nSPS) is 28.9. The van der Waals surface area contributed by atoms with Gasteiger partial charge in [-0.3, -0.25) is 0 Å². The molecule has 1 aliphatic carbocycles. The monoisotopic (exact) mass is 452 g/mol. The van der Waals surface area contributed by atoms with E-state index in [0.717, 1.165) is 18.9 Å². The highest BCUT2D eigenvalue weighted by Gasteiger charge is 2.45. The molecule has 3 aliphatic rings. The molecule has 1 saturated heterocycles. The molecule has 9 heteroatoms. The fourth-order valence-electron chi connectivity index (χ4n) is 4.76. The number of anilines is 1. The van der Waals surface area contributed by atoms with Crippen LogP contribution < -0.4 is 10.6 Å². The Bertz CT molecular complexity index is 886. The van der Waals surface area contributed by atoms with Crippen molar-refractivity contribution >= 4 is 11.8 Å². The highest BCUT2D eigenvalue weighted by molar-refractivity contribution is 5.67. The van der Waals surface area contributed by atoms with Crippen molar-refractivity contribution in [3.63, 3.8) is 0 Å². The van der Waals surface area contributed by atoms with Crippen LogP contribution in [0.1, 0.15) is 36.5 Å². The first-order chi connectivity index (χ1) is 15.4. The van der Waals surface area contributed by atoms with Gasteiger partial charge in [0.2, 0.25) is 0 Å². The summed E-state index contributed by atoms with van der Waals surface area (Å²) in [6.45, 7) is -0.116. The number of alkyl halides is 3. The number of fused-ring (bicyclic) bond motifs is 3. The van der Waals surface area contributed by atoms with Crippen molar-refractivity contribution in [1.29, 1.82) is 0 Å². The molecule has 0 radical (unpaired) electrons. The highest BCUT2D eigenvalue weighted by Crippen LogP contribution is 2.49. The van der Waals surface area contributed by atoms with Gasteiger partial charge < -0.3 is 25.2 Å². The van der Waals surface area contributed by atoms with E-state index in [1.165, 1.54) is 12.1 Å². The van der Waals surface area contributed by atoms with Gasteiger partial charge in [-0.15, -0.1) is 0 Å². The second kappa shape index (κ2) is 9.54. The average molecular weight is 452 g/mol. The van der Waals surface area contributed by atoms with Crippen molar-refractivity contribution in [2.24, 2.45) is 11.8 Å². The SMILES string of the molecule is O=C(NCCO)OC[C@H]1CC[C@@H]2[C@H](O1)c1cc(C(F)(F)F)ccc1N[C@H]2C1C=CC=CC1. The number of alkyl carbamates (subject to hydrolysis) is 1. The Balaban J connectivity index is 1.56. The Labute approximate surface area is 184 Å². The molecule has 3 N–H and O–H groups in total. The zero-order valence-electron chi connectivity index (χ0n) is 17.5. The summed E-state index contributed by atoms with van der Waals surface area (Å²) in [5.74, 6) is 0.204. The molecule has 1 amide bonds. The quantitative estimate of drug-likeness (QED) is 0.625. The maximum atomic E-state index is 13.4. The molecule has 32 heavy (non-hydrogen) atoms. The van der Waals surface area contributed by atoms with Crippen LogP contribution in [0.4, 0.5) is 23.7 Å². The third-order valence-corrected chi connectivity index (χ3v) is 6.28. The fourth-order valence-corrected chi connectivity index (χ4v) is 4.76. The Morgan fingerprint density at radius 2 is 2.12 bits per heavy atom. The molecule has 6 nitrogen and oxygen atoms in total. The van der Waals surface area contributed by atoms with E-state index in [9.17, 15) is 18.0 Å². The van der Waals surface area contributed by atoms with E-state index in [4.69, 9.17) is 14.6 Å². The van der Waals surface area contributed by atoms with Gasteiger partial charge in [0.05, 0.1) is 24.4 Å². The summed E-state index contributed by atoms with van der Waals surface area (Å²) in [4.78, 5) is 11.7. The molecule has 5 atom stereocenters. The predicted molar refractivity (Wildman–Crippen MR) is 112 cm³/mol. The van der Waals surface area contributed by atoms with Crippen molar-refractivity contribution < 1.29 is 32.5 Å². The van der Waals surface area contributed by atoms with Gasteiger partial charge in [-0.1, -0.05) is 24.3 Å². The molecule has 0 bridgehead atoms. The fraction of sp³-hybridized carbons (Fsp3) is 0.522. The Kier molecular flexibility index (Phi) is 6.76. The number of hydrogen-bond donors (Lipinski definition) is 3. The van der Waals surface area contributed by atoms with Gasteiger partial charge in [0, 0.05) is 35.7 Å². The number of benzene rings is 1. The van der Waals surface area contributed by atoms with E-state index >= 15 is 0 Å². The lowest BCUT2D eigenvalue weighted by Gasteiger charge is -2.47. The van der Waals surface area contributed by atoms with E-state index in [0.29, 0.717) is 17.7 Å². The Morgan fingerprint density at radius 3 is 2.84 bits per heavy atom. The summed E-state index contributed by atoms with van der Waals surface area (Å²) in [6, 6.07) is 3.77. The number of allylic oxidation sites excluding steroid dienone is 3. The maximum absolute atomic E-state index is 13.4. The summed E-state index contributed by atoms with van der Waals surface area (Å²) in [5, 5.41) is 14.7. The third-order valence-electron chi connectivity index (χ3n) is 6.28. The van der Waals surface area contributed by atoms with Crippen molar-refractivity contribution in [3.8, 4) is 0 Å². The predicted octanol–water partition coefficient (Wildman–Crippen LogP) is 4.19. The molecule has 1 fully saturated rings. The molecule has 174 valence electrons. The maximum Gasteiger partial charge on any atom is 0.416 e. The smallest absolute Gasteiger partial charge is 0.416 e. The van der Waals surface area contributed by atoms with Crippen LogP contribution in [0.5, 0.6) is 0 Å². The largest absolute Gasteiger partial charge is 0.447 e. The number of aliphatic hydroxyl groups is 1. The minimum Gasteiger partial charge on any atom is -0.447 e. The summed E-state index contributed by atoms with van der Waals surface area (Å²) in [5.41, 5.74) is 0.432. The Morgan fingerprint density at radius 1 is 1.28 bits per heavy atom. The standard InChI is InChI=1S/C23H27F3N2O4/c24-23(25,26)15-6-9-19-18(12-15)21-17(20(28-19)14-4-2-1-3-5-14)8-7-16(32-21)13-31-22(30)27-10-11-29/h1-4,6,9,12,14,16-17,20-21,28-29H,5,7-8,10-11,13H2,(H,27,30)/t14?,16-,17+,20+,21+/m1/s1. The molecule has 0 saturated carbocycles. The first kappa shape index (κ1) is 22.7. The lowest BCUT2D eigenvalue weighted by Crippen LogP contribution is -2.47. The van der Waals surface area contributed by atoms with Gasteiger partial charge in [0.1, 0.15) is 6.61 Å². The van der Waals surface area contributed by atoms with Gasteiger partial charge in [0.25, 0.3) is 0 Å². The molecule has 2 heterocycles. The number of aliphatic hydroxyl groups excluding tert-OH is 1. The summed E-state index contributed by atoms with van der Waals surface area (Å²) < 4.78 is 51.6. The van der Waals surface area contributed by atoms with Gasteiger partial charge in [0.15, 0.2) is 0 Å². The topological polar surface area (TPSA) is 79.8 Å². The van der Waals surface area contributed by atoms with Crippen LogP contribution in [0, 0.1) is 11.8 Å². The minimum atomic E-state index is -4.44. The number of hydrogen-bond acceptors (Lipinski definition) is 5. The second-order valence-electron chi connectivity index (χ2n) is 8.35. The molecule has 1 unspecified atom stereocenters. The molecule has 1 aromatic rings. The number of halogens is 3. The van der Waals surface area contributed by atoms with Crippen molar-refractivity contribution in [3.05, 3.63) is 53.6 Å². The van der Waals surface area contributed by atoms with E-state index in [1.54, 1.807) is 0 Å². The van der Waals surface area contributed by atoms with E-state index in [-0.39, 0.29) is 37.6 Å². The summed E-state index contributed by atoms with van der Waals surface area (Å²) in [7, 11) is 0. The first-order valence-electron chi connectivity index (χ1n) is 10.8. The number of ether oxygens (including phenoxy) is 2. The van der Waals surface area contributed by atoms with Gasteiger partial charge in [-0.05, 0) is 37.5 Å². The lowest BCUT2D eigenvalue weighted by atomic mass is 9.73. The molecule has 2 aliphatic heterocycles. The summed E-state index contributed by atoms with van der Waals surface area (Å²) >= 11 is 0. The zero-order chi connectivity index (χ0) is 22.7. The van der Waals surface area contributed by atoms with Crippen LogP contribution in [0.3, 0.4) is 0 Å². The number of carbonyl (C=O) groups is 1. The van der Waals surface area contributed by atoms with Crippen molar-refractivity contribution in [2.45, 2.75) is 43.7 Å². The summed E-state index contributed by atoms with van der Waals surface area (Å²) in [6.07, 6.45) is 4.38. The number of rotatable bonds is 5. The minimum absolute atomic E-state index is 0.00105. The van der Waals surface area contributed by atoms with Gasteiger partial charge in [-0.25, -0.2) is 4.79 Å². The van der Waals surface area contributed by atoms with Gasteiger partial charge in [-0.2, -0.15) is 13.2 Å². The zero-order valence-corrected chi connectivity index (χ0v) is 17.5. The van der Waals surface area contributed by atoms with E-state index < -0.39 is 30.0 Å². The van der Waals surface area contributed by atoms with Crippen LogP contribution >= 0.6 is 0 Å². The number of amides is 1. The molecule has 1 aromatic carbocycles. The van der Waals surface area contributed by atoms with Crippen LogP contribution in [-0.4, -0.2) is 43.1 Å². The van der Waals surface area contributed by atoms with Gasteiger partial charge >= 0.3 is 12.3 Å². The highest BCUT2D eigenvalue weighted by atomic mass is 19.4. The molecular weight excluding hydrogens is 425 g/mol. The Hall–Kier alpha value is -2.52. The third kappa shape index (κ3) is 4.94. The molecular formula is C23H27F3N2O4. The molecule has 0 spiro atoms. The number of carbonyl (C=O) groups excluding carboxylic acids is 1. The first-order valence-corrected chi connectivity index (χ1v) is 10.8. The van der Waals surface area contributed by atoms with Crippen LogP contribution in [0.25, 0.3) is 0 Å². The average Bonchev–Trinajstić information content (AvgIpc) is 2.80. The molecule has 0 aromatic heterocycles. The van der Waals surface area contributed by atoms with Crippen LogP contribution in [0.15, 0.2) is 42.5 Å². The lowest BCUT2D eigenvalue weighted by molar-refractivity contribution is -0.138. The van der Waals surface area contributed by atoms with Crippen molar-refractivity contribution in [1.82, 2.24) is 5.32 Å². The molecule has 4 rings (SSSR count). The second-order valence-corrected chi connectivity index (χ2v) is 8.35.